The molecule has 22 heavy (non-hydrogen) atoms. The Morgan fingerprint density at radius 1 is 1.23 bits per heavy atom. The van der Waals surface area contributed by atoms with Gasteiger partial charge in [-0.15, -0.1) is 0 Å². The average molecular weight is 324 g/mol. The van der Waals surface area contributed by atoms with Gasteiger partial charge in [-0.2, -0.15) is 0 Å². The first kappa shape index (κ1) is 16.7. The number of hydrogen-bond acceptors (Lipinski definition) is 3. The molecular weight excluding hydrogens is 305 g/mol. The Bertz CT molecular complexity index is 619. The number of nitrogens with one attached hydrogen (secondary N) is 1. The van der Waals surface area contributed by atoms with Gasteiger partial charge in [-0.25, -0.2) is 4.39 Å². The van der Waals surface area contributed by atoms with E-state index in [9.17, 15) is 9.50 Å². The highest BCUT2D eigenvalue weighted by Gasteiger charge is 2.07. The second-order valence-corrected chi connectivity index (χ2v) is 5.55. The van der Waals surface area contributed by atoms with Crippen LogP contribution in [0.4, 0.5) is 4.39 Å². The van der Waals surface area contributed by atoms with Gasteiger partial charge in [0.15, 0.2) is 0 Å². The number of halogens is 2. The fraction of sp³-hybridized carbons (Fsp3) is 0.294. The number of rotatable bonds is 7. The van der Waals surface area contributed by atoms with Crippen molar-refractivity contribution in [1.82, 2.24) is 5.32 Å². The van der Waals surface area contributed by atoms with Crippen LogP contribution in [-0.2, 0) is 13.2 Å². The van der Waals surface area contributed by atoms with Gasteiger partial charge in [0.2, 0.25) is 0 Å². The number of aliphatic hydroxyl groups excluding tert-OH is 1. The topological polar surface area (TPSA) is 41.5 Å². The van der Waals surface area contributed by atoms with Gasteiger partial charge in [0.05, 0.1) is 6.10 Å². The minimum absolute atomic E-state index is 0.151. The van der Waals surface area contributed by atoms with Crippen molar-refractivity contribution in [2.75, 3.05) is 6.54 Å². The smallest absolute Gasteiger partial charge is 0.129 e. The van der Waals surface area contributed by atoms with Crippen LogP contribution in [0.25, 0.3) is 0 Å². The zero-order valence-electron chi connectivity index (χ0n) is 12.4. The molecule has 2 aromatic carbocycles. The summed E-state index contributed by atoms with van der Waals surface area (Å²) in [5.41, 5.74) is 1.37. The molecule has 0 aliphatic heterocycles. The summed E-state index contributed by atoms with van der Waals surface area (Å²) in [6.07, 6.45) is -0.429. The minimum atomic E-state index is -0.429. The molecule has 0 heterocycles. The standard InChI is InChI=1S/C17H19ClFNO2/c1-12(21)9-20-10-14-8-15(18)6-7-17(14)22-11-13-4-2-3-5-16(13)19/h2-8,12,20-21H,9-11H2,1H3/t12-/m1/s1. The maximum Gasteiger partial charge on any atom is 0.129 e. The Labute approximate surface area is 134 Å². The van der Waals surface area contributed by atoms with Crippen LogP contribution in [0, 0.1) is 5.82 Å². The first-order chi connectivity index (χ1) is 10.6. The summed E-state index contributed by atoms with van der Waals surface area (Å²) >= 11 is 6.01. The van der Waals surface area contributed by atoms with Crippen molar-refractivity contribution < 1.29 is 14.2 Å². The van der Waals surface area contributed by atoms with Gasteiger partial charge in [-0.3, -0.25) is 0 Å². The maximum atomic E-state index is 13.6. The van der Waals surface area contributed by atoms with Gasteiger partial charge in [0, 0.05) is 29.2 Å². The molecule has 0 spiro atoms. The van der Waals surface area contributed by atoms with Gasteiger partial charge in [0.25, 0.3) is 0 Å². The number of aliphatic hydroxyl groups is 1. The zero-order chi connectivity index (χ0) is 15.9. The van der Waals surface area contributed by atoms with Crippen molar-refractivity contribution >= 4 is 11.6 Å². The predicted octanol–water partition coefficient (Wildman–Crippen LogP) is 3.53. The van der Waals surface area contributed by atoms with Crippen molar-refractivity contribution in [2.24, 2.45) is 0 Å². The Balaban J connectivity index is 2.05. The monoisotopic (exact) mass is 323 g/mol. The highest BCUT2D eigenvalue weighted by atomic mass is 35.5. The van der Waals surface area contributed by atoms with E-state index < -0.39 is 6.10 Å². The second kappa shape index (κ2) is 8.13. The van der Waals surface area contributed by atoms with E-state index in [1.807, 2.05) is 0 Å². The van der Waals surface area contributed by atoms with E-state index in [0.29, 0.717) is 29.4 Å². The molecule has 0 amide bonds. The van der Waals surface area contributed by atoms with Gasteiger partial charge in [-0.05, 0) is 31.2 Å². The zero-order valence-corrected chi connectivity index (χ0v) is 13.1. The van der Waals surface area contributed by atoms with E-state index in [1.54, 1.807) is 43.3 Å². The van der Waals surface area contributed by atoms with Crippen LogP contribution in [0.3, 0.4) is 0 Å². The molecule has 0 unspecified atom stereocenters. The second-order valence-electron chi connectivity index (χ2n) is 5.11. The molecule has 2 rings (SSSR count). The lowest BCUT2D eigenvalue weighted by Crippen LogP contribution is -2.24. The van der Waals surface area contributed by atoms with Crippen molar-refractivity contribution in [1.29, 1.82) is 0 Å². The van der Waals surface area contributed by atoms with Gasteiger partial charge < -0.3 is 15.2 Å². The van der Waals surface area contributed by atoms with Gasteiger partial charge in [-0.1, -0.05) is 29.8 Å². The maximum absolute atomic E-state index is 13.6. The molecule has 5 heteroatoms. The van der Waals surface area contributed by atoms with Crippen LogP contribution >= 0.6 is 11.6 Å². The molecular formula is C17H19ClFNO2. The molecule has 2 N–H and O–H groups in total. The molecule has 0 saturated heterocycles. The predicted molar refractivity (Wildman–Crippen MR) is 85.6 cm³/mol. The largest absolute Gasteiger partial charge is 0.488 e. The number of benzene rings is 2. The van der Waals surface area contributed by atoms with Crippen LogP contribution in [0.1, 0.15) is 18.1 Å². The van der Waals surface area contributed by atoms with E-state index in [0.717, 1.165) is 5.56 Å². The summed E-state index contributed by atoms with van der Waals surface area (Å²) in [6.45, 7) is 2.84. The van der Waals surface area contributed by atoms with Crippen molar-refractivity contribution in [2.45, 2.75) is 26.2 Å². The average Bonchev–Trinajstić information content (AvgIpc) is 2.47. The van der Waals surface area contributed by atoms with E-state index >= 15 is 0 Å². The Hall–Kier alpha value is -1.62. The molecule has 0 saturated carbocycles. The van der Waals surface area contributed by atoms with Crippen molar-refractivity contribution in [3.63, 3.8) is 0 Å². The van der Waals surface area contributed by atoms with Crippen LogP contribution < -0.4 is 10.1 Å². The van der Waals surface area contributed by atoms with E-state index in [-0.39, 0.29) is 12.4 Å². The van der Waals surface area contributed by atoms with Crippen LogP contribution in [0.15, 0.2) is 42.5 Å². The fourth-order valence-corrected chi connectivity index (χ4v) is 2.21. The molecule has 0 aromatic heterocycles. The Kier molecular flexibility index (Phi) is 6.19. The lowest BCUT2D eigenvalue weighted by molar-refractivity contribution is 0.190. The molecule has 0 bridgehead atoms. The third-order valence-corrected chi connectivity index (χ3v) is 3.35. The normalized spacial score (nSPS) is 12.2. The summed E-state index contributed by atoms with van der Waals surface area (Å²) < 4.78 is 19.3. The quantitative estimate of drug-likeness (QED) is 0.819. The minimum Gasteiger partial charge on any atom is -0.488 e. The molecule has 0 fully saturated rings. The molecule has 1 atom stereocenters. The summed E-state index contributed by atoms with van der Waals surface area (Å²) in [4.78, 5) is 0. The lowest BCUT2D eigenvalue weighted by Gasteiger charge is -2.14. The van der Waals surface area contributed by atoms with Crippen LogP contribution in [0.5, 0.6) is 5.75 Å². The van der Waals surface area contributed by atoms with Crippen molar-refractivity contribution in [3.05, 3.63) is 64.4 Å². The molecule has 0 aliphatic carbocycles. The molecule has 0 aliphatic rings. The summed E-state index contributed by atoms with van der Waals surface area (Å²) in [5.74, 6) is 0.357. The number of ether oxygens (including phenoxy) is 1. The van der Waals surface area contributed by atoms with E-state index in [1.165, 1.54) is 6.07 Å². The highest BCUT2D eigenvalue weighted by molar-refractivity contribution is 6.30. The lowest BCUT2D eigenvalue weighted by atomic mass is 10.2. The summed E-state index contributed by atoms with van der Waals surface area (Å²) in [5, 5.41) is 13.0. The third kappa shape index (κ3) is 4.98. The van der Waals surface area contributed by atoms with Gasteiger partial charge in [0.1, 0.15) is 18.2 Å². The number of hydrogen-bond donors (Lipinski definition) is 2. The van der Waals surface area contributed by atoms with E-state index in [4.69, 9.17) is 16.3 Å². The van der Waals surface area contributed by atoms with Crippen LogP contribution in [-0.4, -0.2) is 17.8 Å². The Morgan fingerprint density at radius 3 is 2.73 bits per heavy atom. The molecule has 0 radical (unpaired) electrons. The molecule has 2 aromatic rings. The first-order valence-electron chi connectivity index (χ1n) is 7.09. The third-order valence-electron chi connectivity index (χ3n) is 3.12. The first-order valence-corrected chi connectivity index (χ1v) is 7.47. The van der Waals surface area contributed by atoms with Gasteiger partial charge >= 0.3 is 0 Å². The summed E-state index contributed by atoms with van der Waals surface area (Å²) in [6, 6.07) is 11.8. The SMILES string of the molecule is C[C@@H](O)CNCc1cc(Cl)ccc1OCc1ccccc1F. The van der Waals surface area contributed by atoms with Crippen LogP contribution in [0.2, 0.25) is 5.02 Å². The molecule has 3 nitrogen and oxygen atoms in total. The molecule has 118 valence electrons. The van der Waals surface area contributed by atoms with Crippen molar-refractivity contribution in [3.8, 4) is 5.75 Å². The Morgan fingerprint density at radius 2 is 2.00 bits per heavy atom. The highest BCUT2D eigenvalue weighted by Crippen LogP contribution is 2.24. The fourth-order valence-electron chi connectivity index (χ4n) is 2.01. The van der Waals surface area contributed by atoms with E-state index in [2.05, 4.69) is 5.32 Å². The summed E-state index contributed by atoms with van der Waals surface area (Å²) in [7, 11) is 0.